The fourth-order valence-electron chi connectivity index (χ4n) is 1.83. The number of hydrogen-bond donors (Lipinski definition) is 1. The molecule has 3 nitrogen and oxygen atoms in total. The summed E-state index contributed by atoms with van der Waals surface area (Å²) < 4.78 is 5.86. The second kappa shape index (κ2) is 5.59. The average Bonchev–Trinajstić information content (AvgIpc) is 3.24. The SMILES string of the molecule is Clc1ccccc1Oc1cnccc1CNC1CC1. The van der Waals surface area contributed by atoms with E-state index in [9.17, 15) is 0 Å². The number of nitrogens with one attached hydrogen (secondary N) is 1. The molecule has 1 aromatic carbocycles. The Labute approximate surface area is 117 Å². The van der Waals surface area contributed by atoms with E-state index in [0.29, 0.717) is 16.8 Å². The van der Waals surface area contributed by atoms with Crippen molar-refractivity contribution in [1.29, 1.82) is 0 Å². The maximum Gasteiger partial charge on any atom is 0.150 e. The molecule has 1 heterocycles. The molecule has 1 fully saturated rings. The van der Waals surface area contributed by atoms with Crippen LogP contribution in [0.15, 0.2) is 42.7 Å². The smallest absolute Gasteiger partial charge is 0.150 e. The Morgan fingerprint density at radius 1 is 1.21 bits per heavy atom. The second-order valence-electron chi connectivity index (χ2n) is 4.67. The Morgan fingerprint density at radius 3 is 2.84 bits per heavy atom. The lowest BCUT2D eigenvalue weighted by Gasteiger charge is -2.12. The van der Waals surface area contributed by atoms with Crippen LogP contribution in [0, 0.1) is 0 Å². The molecule has 0 bridgehead atoms. The van der Waals surface area contributed by atoms with E-state index >= 15 is 0 Å². The summed E-state index contributed by atoms with van der Waals surface area (Å²) in [6.07, 6.45) is 6.05. The minimum atomic E-state index is 0.604. The topological polar surface area (TPSA) is 34.1 Å². The van der Waals surface area contributed by atoms with Crippen LogP contribution in [-0.4, -0.2) is 11.0 Å². The van der Waals surface area contributed by atoms with Gasteiger partial charge in [-0.3, -0.25) is 4.98 Å². The minimum Gasteiger partial charge on any atom is -0.454 e. The molecule has 2 aromatic rings. The van der Waals surface area contributed by atoms with E-state index < -0.39 is 0 Å². The van der Waals surface area contributed by atoms with Gasteiger partial charge in [-0.2, -0.15) is 0 Å². The molecular weight excluding hydrogens is 260 g/mol. The lowest BCUT2D eigenvalue weighted by Crippen LogP contribution is -2.15. The number of rotatable bonds is 5. The first kappa shape index (κ1) is 12.5. The first-order chi connectivity index (χ1) is 9.33. The summed E-state index contributed by atoms with van der Waals surface area (Å²) in [4.78, 5) is 4.12. The Morgan fingerprint density at radius 2 is 2.05 bits per heavy atom. The quantitative estimate of drug-likeness (QED) is 0.901. The number of pyridine rings is 1. The summed E-state index contributed by atoms with van der Waals surface area (Å²) in [5, 5.41) is 4.08. The summed E-state index contributed by atoms with van der Waals surface area (Å²) in [7, 11) is 0. The molecule has 1 saturated carbocycles. The van der Waals surface area contributed by atoms with Gasteiger partial charge in [-0.1, -0.05) is 23.7 Å². The molecule has 1 N–H and O–H groups in total. The Balaban J connectivity index is 1.77. The van der Waals surface area contributed by atoms with E-state index in [1.807, 2.05) is 30.3 Å². The monoisotopic (exact) mass is 274 g/mol. The molecule has 0 spiro atoms. The molecule has 0 radical (unpaired) electrons. The second-order valence-corrected chi connectivity index (χ2v) is 5.08. The number of nitrogens with zero attached hydrogens (tertiary/aromatic N) is 1. The highest BCUT2D eigenvalue weighted by Gasteiger charge is 2.20. The predicted molar refractivity (Wildman–Crippen MR) is 75.6 cm³/mol. The van der Waals surface area contributed by atoms with Crippen molar-refractivity contribution in [2.45, 2.75) is 25.4 Å². The number of hydrogen-bond acceptors (Lipinski definition) is 3. The lowest BCUT2D eigenvalue weighted by atomic mass is 10.2. The molecule has 1 aromatic heterocycles. The van der Waals surface area contributed by atoms with Gasteiger partial charge in [-0.15, -0.1) is 0 Å². The van der Waals surface area contributed by atoms with Crippen LogP contribution in [0.1, 0.15) is 18.4 Å². The van der Waals surface area contributed by atoms with E-state index in [1.54, 1.807) is 12.4 Å². The van der Waals surface area contributed by atoms with Gasteiger partial charge >= 0.3 is 0 Å². The molecule has 4 heteroatoms. The van der Waals surface area contributed by atoms with E-state index in [4.69, 9.17) is 16.3 Å². The molecule has 3 rings (SSSR count). The summed E-state index contributed by atoms with van der Waals surface area (Å²) in [6.45, 7) is 0.799. The Bertz CT molecular complexity index is 570. The van der Waals surface area contributed by atoms with Gasteiger partial charge < -0.3 is 10.1 Å². The van der Waals surface area contributed by atoms with Crippen molar-refractivity contribution in [1.82, 2.24) is 10.3 Å². The molecule has 1 aliphatic carbocycles. The van der Waals surface area contributed by atoms with Gasteiger partial charge in [-0.25, -0.2) is 0 Å². The summed E-state index contributed by atoms with van der Waals surface area (Å²) in [5.74, 6) is 1.41. The van der Waals surface area contributed by atoms with E-state index in [-0.39, 0.29) is 0 Å². The molecule has 0 unspecified atom stereocenters. The molecule has 0 saturated heterocycles. The van der Waals surface area contributed by atoms with Crippen molar-refractivity contribution in [2.75, 3.05) is 0 Å². The standard InChI is InChI=1S/C15H15ClN2O/c16-13-3-1-2-4-14(13)19-15-10-17-8-7-11(15)9-18-12-5-6-12/h1-4,7-8,10,12,18H,5-6,9H2. The zero-order valence-electron chi connectivity index (χ0n) is 10.5. The average molecular weight is 275 g/mol. The fourth-order valence-corrected chi connectivity index (χ4v) is 2.01. The van der Waals surface area contributed by atoms with Gasteiger partial charge in [0.05, 0.1) is 11.2 Å². The highest BCUT2D eigenvalue weighted by atomic mass is 35.5. The van der Waals surface area contributed by atoms with Crippen LogP contribution in [0.25, 0.3) is 0 Å². The summed E-state index contributed by atoms with van der Waals surface area (Å²) >= 11 is 6.10. The van der Waals surface area contributed by atoms with Crippen LogP contribution in [0.3, 0.4) is 0 Å². The molecule has 0 atom stereocenters. The molecule has 98 valence electrons. The van der Waals surface area contributed by atoms with E-state index in [1.165, 1.54) is 12.8 Å². The fraction of sp³-hybridized carbons (Fsp3) is 0.267. The van der Waals surface area contributed by atoms with Gasteiger partial charge in [0.15, 0.2) is 0 Å². The van der Waals surface area contributed by atoms with Crippen molar-refractivity contribution in [3.63, 3.8) is 0 Å². The first-order valence-electron chi connectivity index (χ1n) is 6.41. The lowest BCUT2D eigenvalue weighted by molar-refractivity contribution is 0.470. The van der Waals surface area contributed by atoms with Crippen LogP contribution in [0.5, 0.6) is 11.5 Å². The number of ether oxygens (including phenoxy) is 1. The highest BCUT2D eigenvalue weighted by molar-refractivity contribution is 6.32. The van der Waals surface area contributed by atoms with Crippen LogP contribution >= 0.6 is 11.6 Å². The van der Waals surface area contributed by atoms with Crippen molar-refractivity contribution >= 4 is 11.6 Å². The van der Waals surface area contributed by atoms with Gasteiger partial charge in [0.1, 0.15) is 11.5 Å². The third-order valence-corrected chi connectivity index (χ3v) is 3.40. The maximum absolute atomic E-state index is 6.10. The van der Waals surface area contributed by atoms with E-state index in [0.717, 1.165) is 17.9 Å². The van der Waals surface area contributed by atoms with Crippen molar-refractivity contribution < 1.29 is 4.74 Å². The van der Waals surface area contributed by atoms with Gasteiger partial charge in [0, 0.05) is 24.3 Å². The normalized spacial score (nSPS) is 14.4. The van der Waals surface area contributed by atoms with Crippen molar-refractivity contribution in [2.24, 2.45) is 0 Å². The molecule has 19 heavy (non-hydrogen) atoms. The number of benzene rings is 1. The third kappa shape index (κ3) is 3.25. The number of halogens is 1. The Hall–Kier alpha value is -1.58. The minimum absolute atomic E-state index is 0.604. The number of aromatic nitrogens is 1. The van der Waals surface area contributed by atoms with Crippen LogP contribution in [0.4, 0.5) is 0 Å². The molecular formula is C15H15ClN2O. The highest BCUT2D eigenvalue weighted by Crippen LogP contribution is 2.30. The van der Waals surface area contributed by atoms with E-state index in [2.05, 4.69) is 10.3 Å². The van der Waals surface area contributed by atoms with Gasteiger partial charge in [-0.05, 0) is 31.0 Å². The molecule has 0 amide bonds. The molecule has 1 aliphatic rings. The van der Waals surface area contributed by atoms with Crippen LogP contribution in [0.2, 0.25) is 5.02 Å². The third-order valence-electron chi connectivity index (χ3n) is 3.09. The number of para-hydroxylation sites is 1. The van der Waals surface area contributed by atoms with Crippen molar-refractivity contribution in [3.05, 3.63) is 53.3 Å². The zero-order valence-corrected chi connectivity index (χ0v) is 11.2. The predicted octanol–water partition coefficient (Wildman–Crippen LogP) is 3.78. The Kier molecular flexibility index (Phi) is 3.67. The first-order valence-corrected chi connectivity index (χ1v) is 6.79. The van der Waals surface area contributed by atoms with Gasteiger partial charge in [0.25, 0.3) is 0 Å². The molecule has 0 aliphatic heterocycles. The van der Waals surface area contributed by atoms with Gasteiger partial charge in [0.2, 0.25) is 0 Å². The summed E-state index contributed by atoms with van der Waals surface area (Å²) in [5.41, 5.74) is 1.10. The zero-order chi connectivity index (χ0) is 13.1. The maximum atomic E-state index is 6.10. The van der Waals surface area contributed by atoms with Crippen LogP contribution < -0.4 is 10.1 Å². The van der Waals surface area contributed by atoms with Crippen LogP contribution in [-0.2, 0) is 6.54 Å². The largest absolute Gasteiger partial charge is 0.454 e. The van der Waals surface area contributed by atoms with Crippen molar-refractivity contribution in [3.8, 4) is 11.5 Å². The summed E-state index contributed by atoms with van der Waals surface area (Å²) in [6, 6.07) is 10.1.